The summed E-state index contributed by atoms with van der Waals surface area (Å²) < 4.78 is 11.6. The van der Waals surface area contributed by atoms with Gasteiger partial charge in [-0.15, -0.1) is 0 Å². The van der Waals surface area contributed by atoms with Crippen LogP contribution in [-0.4, -0.2) is 12.6 Å². The van der Waals surface area contributed by atoms with Crippen molar-refractivity contribution in [1.82, 2.24) is 0 Å². The molecular weight excluding hydrogens is 456 g/mol. The van der Waals surface area contributed by atoms with Crippen LogP contribution in [0, 0.1) is 0 Å². The maximum Gasteiger partial charge on any atom is 0.306 e. The molecule has 1 unspecified atom stereocenters. The molecular formula is C34H44O3. The summed E-state index contributed by atoms with van der Waals surface area (Å²) in [6.07, 6.45) is 10.9. The van der Waals surface area contributed by atoms with Crippen LogP contribution < -0.4 is 4.74 Å². The summed E-state index contributed by atoms with van der Waals surface area (Å²) >= 11 is 0. The monoisotopic (exact) mass is 500 g/mol. The zero-order valence-electron chi connectivity index (χ0n) is 23.0. The second-order valence-electron chi connectivity index (χ2n) is 9.90. The minimum atomic E-state index is -0.248. The molecule has 198 valence electrons. The summed E-state index contributed by atoms with van der Waals surface area (Å²) in [6.45, 7) is 7.10. The van der Waals surface area contributed by atoms with E-state index in [1.54, 1.807) is 0 Å². The molecule has 3 aromatic rings. The van der Waals surface area contributed by atoms with E-state index >= 15 is 0 Å². The fourth-order valence-electron chi connectivity index (χ4n) is 4.57. The minimum Gasteiger partial charge on any atom is -0.494 e. The molecule has 0 saturated heterocycles. The Morgan fingerprint density at radius 1 is 0.676 bits per heavy atom. The van der Waals surface area contributed by atoms with Crippen molar-refractivity contribution in [3.63, 3.8) is 0 Å². The summed E-state index contributed by atoms with van der Waals surface area (Å²) in [4.78, 5) is 12.1. The zero-order valence-corrected chi connectivity index (χ0v) is 23.0. The van der Waals surface area contributed by atoms with Crippen molar-refractivity contribution in [3.8, 4) is 28.0 Å². The number of carbonyl (C=O) groups is 1. The van der Waals surface area contributed by atoms with Crippen LogP contribution in [0.4, 0.5) is 0 Å². The Balaban J connectivity index is 1.60. The highest BCUT2D eigenvalue weighted by atomic mass is 16.5. The van der Waals surface area contributed by atoms with Crippen molar-refractivity contribution in [2.45, 2.75) is 91.1 Å². The lowest BCUT2D eigenvalue weighted by atomic mass is 9.94. The SMILES string of the molecule is CCCCCCCCOc1ccc(-c2ccccc2-c2ccc(C(C)OC(=O)CCCCC)cc2)cc1. The van der Waals surface area contributed by atoms with E-state index in [9.17, 15) is 4.79 Å². The van der Waals surface area contributed by atoms with E-state index < -0.39 is 0 Å². The average molecular weight is 501 g/mol. The Hall–Kier alpha value is -3.07. The van der Waals surface area contributed by atoms with Crippen molar-refractivity contribution < 1.29 is 14.3 Å². The van der Waals surface area contributed by atoms with Crippen LogP contribution in [0.5, 0.6) is 5.75 Å². The Morgan fingerprint density at radius 3 is 1.84 bits per heavy atom. The van der Waals surface area contributed by atoms with E-state index in [4.69, 9.17) is 9.47 Å². The Bertz CT molecular complexity index is 1050. The van der Waals surface area contributed by atoms with Gasteiger partial charge in [-0.05, 0) is 59.7 Å². The number of esters is 1. The number of unbranched alkanes of at least 4 members (excludes halogenated alkanes) is 7. The number of hydrogen-bond acceptors (Lipinski definition) is 3. The van der Waals surface area contributed by atoms with E-state index in [-0.39, 0.29) is 12.1 Å². The molecule has 0 aliphatic rings. The van der Waals surface area contributed by atoms with Gasteiger partial charge in [0.05, 0.1) is 6.61 Å². The van der Waals surface area contributed by atoms with Crippen molar-refractivity contribution >= 4 is 5.97 Å². The minimum absolute atomic E-state index is 0.116. The Kier molecular flexibility index (Phi) is 12.3. The van der Waals surface area contributed by atoms with Gasteiger partial charge in [0.2, 0.25) is 0 Å². The third-order valence-corrected chi connectivity index (χ3v) is 6.84. The lowest BCUT2D eigenvalue weighted by Gasteiger charge is -2.15. The third-order valence-electron chi connectivity index (χ3n) is 6.84. The van der Waals surface area contributed by atoms with Gasteiger partial charge in [0.25, 0.3) is 0 Å². The van der Waals surface area contributed by atoms with Gasteiger partial charge in [-0.25, -0.2) is 0 Å². The normalized spacial score (nSPS) is 11.8. The topological polar surface area (TPSA) is 35.5 Å². The van der Waals surface area contributed by atoms with Gasteiger partial charge < -0.3 is 9.47 Å². The smallest absolute Gasteiger partial charge is 0.306 e. The summed E-state index contributed by atoms with van der Waals surface area (Å²) in [5.74, 6) is 0.812. The molecule has 0 amide bonds. The van der Waals surface area contributed by atoms with Crippen LogP contribution in [0.2, 0.25) is 0 Å². The Labute approximate surface area is 224 Å². The molecule has 0 heterocycles. The molecule has 3 nitrogen and oxygen atoms in total. The van der Waals surface area contributed by atoms with E-state index in [0.717, 1.165) is 49.2 Å². The van der Waals surface area contributed by atoms with Gasteiger partial charge in [0.15, 0.2) is 0 Å². The van der Waals surface area contributed by atoms with Crippen molar-refractivity contribution in [2.24, 2.45) is 0 Å². The molecule has 1 atom stereocenters. The van der Waals surface area contributed by atoms with Crippen LogP contribution in [0.15, 0.2) is 72.8 Å². The van der Waals surface area contributed by atoms with Crippen molar-refractivity contribution in [2.75, 3.05) is 6.61 Å². The molecule has 0 radical (unpaired) electrons. The predicted octanol–water partition coefficient (Wildman–Crippen LogP) is 9.94. The van der Waals surface area contributed by atoms with E-state index in [1.165, 1.54) is 48.8 Å². The van der Waals surface area contributed by atoms with Gasteiger partial charge in [0.1, 0.15) is 11.9 Å². The number of hydrogen-bond donors (Lipinski definition) is 0. The van der Waals surface area contributed by atoms with Crippen molar-refractivity contribution in [3.05, 3.63) is 78.4 Å². The molecule has 0 bridgehead atoms. The van der Waals surface area contributed by atoms with Gasteiger partial charge >= 0.3 is 5.97 Å². The number of carbonyl (C=O) groups excluding carboxylic acids is 1. The predicted molar refractivity (Wildman–Crippen MR) is 155 cm³/mol. The summed E-state index contributed by atoms with van der Waals surface area (Å²) in [5, 5.41) is 0. The molecule has 0 fully saturated rings. The highest BCUT2D eigenvalue weighted by molar-refractivity contribution is 5.83. The quantitative estimate of drug-likeness (QED) is 0.145. The van der Waals surface area contributed by atoms with Gasteiger partial charge in [-0.3, -0.25) is 4.79 Å². The maximum absolute atomic E-state index is 12.1. The zero-order chi connectivity index (χ0) is 26.3. The molecule has 0 saturated carbocycles. The van der Waals surface area contributed by atoms with Crippen LogP contribution in [0.1, 0.15) is 96.6 Å². The van der Waals surface area contributed by atoms with Gasteiger partial charge in [0, 0.05) is 6.42 Å². The standard InChI is InChI=1S/C34H44O3/c1-4-6-8-9-10-14-26-36-31-24-22-30(23-25-31)33-16-13-12-15-32(33)29-20-18-28(19-21-29)27(3)37-34(35)17-11-7-5-2/h12-13,15-16,18-25,27H,4-11,14,17,26H2,1-3H3. The van der Waals surface area contributed by atoms with E-state index in [0.29, 0.717) is 6.42 Å². The molecule has 0 aliphatic carbocycles. The summed E-state index contributed by atoms with van der Waals surface area (Å²) in [7, 11) is 0. The number of rotatable bonds is 16. The van der Waals surface area contributed by atoms with Crippen LogP contribution in [-0.2, 0) is 9.53 Å². The first kappa shape index (κ1) is 28.5. The Morgan fingerprint density at radius 2 is 1.22 bits per heavy atom. The summed E-state index contributed by atoms with van der Waals surface area (Å²) in [5.41, 5.74) is 5.69. The average Bonchev–Trinajstić information content (AvgIpc) is 2.93. The molecule has 0 spiro atoms. The second-order valence-corrected chi connectivity index (χ2v) is 9.90. The maximum atomic E-state index is 12.1. The molecule has 0 aromatic heterocycles. The van der Waals surface area contributed by atoms with Crippen LogP contribution in [0.3, 0.4) is 0 Å². The number of ether oxygens (including phenoxy) is 2. The number of benzene rings is 3. The molecule has 0 aliphatic heterocycles. The molecule has 3 heteroatoms. The molecule has 3 aromatic carbocycles. The molecule has 3 rings (SSSR count). The highest BCUT2D eigenvalue weighted by Gasteiger charge is 2.13. The highest BCUT2D eigenvalue weighted by Crippen LogP contribution is 2.33. The first-order valence-corrected chi connectivity index (χ1v) is 14.2. The first-order valence-electron chi connectivity index (χ1n) is 14.2. The summed E-state index contributed by atoms with van der Waals surface area (Å²) in [6, 6.07) is 25.3. The lowest BCUT2D eigenvalue weighted by Crippen LogP contribution is -2.08. The van der Waals surface area contributed by atoms with Gasteiger partial charge in [-0.1, -0.05) is 119 Å². The molecule has 0 N–H and O–H groups in total. The van der Waals surface area contributed by atoms with Gasteiger partial charge in [-0.2, -0.15) is 0 Å². The van der Waals surface area contributed by atoms with Crippen LogP contribution in [0.25, 0.3) is 22.3 Å². The van der Waals surface area contributed by atoms with Crippen molar-refractivity contribution in [1.29, 1.82) is 0 Å². The molecule has 37 heavy (non-hydrogen) atoms. The van der Waals surface area contributed by atoms with E-state index in [1.807, 2.05) is 6.92 Å². The van der Waals surface area contributed by atoms with Crippen LogP contribution >= 0.6 is 0 Å². The fourth-order valence-corrected chi connectivity index (χ4v) is 4.57. The lowest BCUT2D eigenvalue weighted by molar-refractivity contribution is -0.148. The fraction of sp³-hybridized carbons (Fsp3) is 0.441. The second kappa shape index (κ2) is 15.9. The third kappa shape index (κ3) is 9.39. The first-order chi connectivity index (χ1) is 18.1. The van der Waals surface area contributed by atoms with E-state index in [2.05, 4.69) is 86.6 Å². The largest absolute Gasteiger partial charge is 0.494 e.